The summed E-state index contributed by atoms with van der Waals surface area (Å²) in [6, 6.07) is 5.67. The van der Waals surface area contributed by atoms with E-state index in [0.717, 1.165) is 5.56 Å². The number of ether oxygens (including phenoxy) is 2. The fraction of sp³-hybridized carbons (Fsp3) is 0.333. The number of para-hydroxylation sites is 1. The smallest absolute Gasteiger partial charge is 0.183 e. The standard InChI is InChI=1S/C15H18N2O4S/c1-3-21-14-10(5-4-6-12(14)20-2)8-16-15-17-11(9-22-15)7-13(18)19/h4-6,9H,3,7-8H2,1-2H3,(H,16,17)(H,18,19)/p-1. The zero-order valence-electron chi connectivity index (χ0n) is 12.4. The van der Waals surface area contributed by atoms with Crippen LogP contribution in [0.2, 0.25) is 0 Å². The van der Waals surface area contributed by atoms with Gasteiger partial charge in [0.25, 0.3) is 0 Å². The summed E-state index contributed by atoms with van der Waals surface area (Å²) in [5.74, 6) is 0.243. The van der Waals surface area contributed by atoms with E-state index < -0.39 is 5.97 Å². The monoisotopic (exact) mass is 321 g/mol. The number of carbonyl (C=O) groups is 1. The van der Waals surface area contributed by atoms with Crippen molar-refractivity contribution in [1.82, 2.24) is 4.98 Å². The summed E-state index contributed by atoms with van der Waals surface area (Å²) in [7, 11) is 1.60. The van der Waals surface area contributed by atoms with E-state index in [1.165, 1.54) is 11.3 Å². The molecule has 0 amide bonds. The molecule has 7 heteroatoms. The molecule has 0 aliphatic carbocycles. The number of thiazole rings is 1. The van der Waals surface area contributed by atoms with Gasteiger partial charge in [-0.1, -0.05) is 12.1 Å². The molecule has 22 heavy (non-hydrogen) atoms. The zero-order chi connectivity index (χ0) is 15.9. The molecule has 0 atom stereocenters. The van der Waals surface area contributed by atoms with Crippen molar-refractivity contribution < 1.29 is 19.4 Å². The molecule has 1 heterocycles. The molecule has 2 rings (SSSR count). The Hall–Kier alpha value is -2.28. The first-order chi connectivity index (χ1) is 10.6. The van der Waals surface area contributed by atoms with Crippen molar-refractivity contribution in [3.63, 3.8) is 0 Å². The van der Waals surface area contributed by atoms with Crippen molar-refractivity contribution in [2.45, 2.75) is 19.9 Å². The van der Waals surface area contributed by atoms with E-state index in [1.807, 2.05) is 25.1 Å². The molecule has 1 aromatic heterocycles. The summed E-state index contributed by atoms with van der Waals surface area (Å²) in [6.45, 7) is 2.96. The Kier molecular flexibility index (Phi) is 5.60. The van der Waals surface area contributed by atoms with E-state index >= 15 is 0 Å². The number of nitrogens with one attached hydrogen (secondary N) is 1. The molecule has 0 saturated carbocycles. The van der Waals surface area contributed by atoms with Crippen LogP contribution in [-0.2, 0) is 17.8 Å². The number of hydrogen-bond donors (Lipinski definition) is 1. The molecule has 1 aromatic carbocycles. The van der Waals surface area contributed by atoms with Gasteiger partial charge in [-0.2, -0.15) is 0 Å². The molecule has 2 aromatic rings. The molecule has 6 nitrogen and oxygen atoms in total. The summed E-state index contributed by atoms with van der Waals surface area (Å²) in [5, 5.41) is 16.1. The SMILES string of the molecule is CCOc1c(CNc2nc(CC(=O)[O-])cs2)cccc1OC. The predicted octanol–water partition coefficient (Wildman–Crippen LogP) is 1.45. The largest absolute Gasteiger partial charge is 0.550 e. The topological polar surface area (TPSA) is 83.5 Å². The summed E-state index contributed by atoms with van der Waals surface area (Å²) in [4.78, 5) is 14.7. The number of nitrogens with zero attached hydrogens (tertiary/aromatic N) is 1. The van der Waals surface area contributed by atoms with Gasteiger partial charge in [0, 0.05) is 29.9 Å². The molecule has 1 N–H and O–H groups in total. The third-order valence-electron chi connectivity index (χ3n) is 2.88. The van der Waals surface area contributed by atoms with Crippen molar-refractivity contribution in [1.29, 1.82) is 0 Å². The van der Waals surface area contributed by atoms with Gasteiger partial charge < -0.3 is 24.7 Å². The molecule has 0 spiro atoms. The third-order valence-corrected chi connectivity index (χ3v) is 3.73. The van der Waals surface area contributed by atoms with Crippen LogP contribution in [0.15, 0.2) is 23.6 Å². The lowest BCUT2D eigenvalue weighted by molar-refractivity contribution is -0.304. The fourth-order valence-corrected chi connectivity index (χ4v) is 2.67. The minimum absolute atomic E-state index is 0.179. The first kappa shape index (κ1) is 16.1. The van der Waals surface area contributed by atoms with E-state index in [2.05, 4.69) is 10.3 Å². The van der Waals surface area contributed by atoms with E-state index in [9.17, 15) is 9.90 Å². The number of carbonyl (C=O) groups excluding carboxylic acids is 1. The maximum Gasteiger partial charge on any atom is 0.183 e. The number of aliphatic carboxylic acids is 1. The Labute approximate surface area is 132 Å². The second-order valence-electron chi connectivity index (χ2n) is 4.43. The normalized spacial score (nSPS) is 10.3. The van der Waals surface area contributed by atoms with E-state index in [1.54, 1.807) is 12.5 Å². The number of methoxy groups -OCH3 is 1. The number of carboxylic acid groups (broad SMARTS) is 1. The van der Waals surface area contributed by atoms with Crippen LogP contribution in [0.25, 0.3) is 0 Å². The van der Waals surface area contributed by atoms with E-state index in [4.69, 9.17) is 9.47 Å². The van der Waals surface area contributed by atoms with Crippen LogP contribution in [0.5, 0.6) is 11.5 Å². The zero-order valence-corrected chi connectivity index (χ0v) is 13.2. The molecule has 118 valence electrons. The molecule has 0 aliphatic heterocycles. The number of benzene rings is 1. The number of aromatic nitrogens is 1. The van der Waals surface area contributed by atoms with Crippen LogP contribution >= 0.6 is 11.3 Å². The van der Waals surface area contributed by atoms with Gasteiger partial charge in [0.15, 0.2) is 16.6 Å². The van der Waals surface area contributed by atoms with Gasteiger partial charge in [0.05, 0.1) is 19.4 Å². The number of carboxylic acids is 1. The van der Waals surface area contributed by atoms with Crippen molar-refractivity contribution in [3.8, 4) is 11.5 Å². The van der Waals surface area contributed by atoms with Crippen molar-refractivity contribution in [2.24, 2.45) is 0 Å². The molecule has 0 radical (unpaired) electrons. The van der Waals surface area contributed by atoms with Crippen molar-refractivity contribution in [2.75, 3.05) is 19.0 Å². The second kappa shape index (κ2) is 7.65. The van der Waals surface area contributed by atoms with Crippen molar-refractivity contribution in [3.05, 3.63) is 34.8 Å². The summed E-state index contributed by atoms with van der Waals surface area (Å²) in [6.07, 6.45) is -0.179. The highest BCUT2D eigenvalue weighted by Gasteiger charge is 2.10. The van der Waals surface area contributed by atoms with Gasteiger partial charge in [-0.3, -0.25) is 0 Å². The molecular weight excluding hydrogens is 304 g/mol. The van der Waals surface area contributed by atoms with Gasteiger partial charge >= 0.3 is 0 Å². The average Bonchev–Trinajstić information content (AvgIpc) is 2.93. The molecule has 0 aliphatic rings. The third kappa shape index (κ3) is 4.11. The maximum absolute atomic E-state index is 10.5. The van der Waals surface area contributed by atoms with Crippen LogP contribution < -0.4 is 19.9 Å². The minimum Gasteiger partial charge on any atom is -0.550 e. The Morgan fingerprint density at radius 1 is 1.45 bits per heavy atom. The van der Waals surface area contributed by atoms with Crippen LogP contribution in [-0.4, -0.2) is 24.7 Å². The summed E-state index contributed by atoms with van der Waals surface area (Å²) >= 11 is 1.35. The highest BCUT2D eigenvalue weighted by Crippen LogP contribution is 2.31. The first-order valence-corrected chi connectivity index (χ1v) is 7.68. The van der Waals surface area contributed by atoms with Gasteiger partial charge in [0.2, 0.25) is 0 Å². The molecule has 0 unspecified atom stereocenters. The van der Waals surface area contributed by atoms with E-state index in [0.29, 0.717) is 35.5 Å². The van der Waals surface area contributed by atoms with Gasteiger partial charge in [-0.05, 0) is 13.0 Å². The van der Waals surface area contributed by atoms with Crippen LogP contribution in [0.3, 0.4) is 0 Å². The lowest BCUT2D eigenvalue weighted by Crippen LogP contribution is -2.24. The summed E-state index contributed by atoms with van der Waals surface area (Å²) in [5.41, 5.74) is 1.43. The maximum atomic E-state index is 10.5. The van der Waals surface area contributed by atoms with Gasteiger partial charge in [0.1, 0.15) is 0 Å². The van der Waals surface area contributed by atoms with Crippen LogP contribution in [0, 0.1) is 0 Å². The van der Waals surface area contributed by atoms with Gasteiger partial charge in [-0.15, -0.1) is 11.3 Å². The molecule has 0 saturated heterocycles. The highest BCUT2D eigenvalue weighted by atomic mass is 32.1. The fourth-order valence-electron chi connectivity index (χ4n) is 1.96. The van der Waals surface area contributed by atoms with Gasteiger partial charge in [-0.25, -0.2) is 4.98 Å². The van der Waals surface area contributed by atoms with Crippen molar-refractivity contribution >= 4 is 22.4 Å². The minimum atomic E-state index is -1.14. The number of hydrogen-bond acceptors (Lipinski definition) is 7. The molecular formula is C15H17N2O4S-. The predicted molar refractivity (Wildman–Crippen MR) is 82.3 cm³/mol. The average molecular weight is 321 g/mol. The summed E-state index contributed by atoms with van der Waals surface area (Å²) < 4.78 is 10.9. The lowest BCUT2D eigenvalue weighted by atomic mass is 10.2. The Morgan fingerprint density at radius 3 is 2.95 bits per heavy atom. The second-order valence-corrected chi connectivity index (χ2v) is 5.29. The molecule has 0 fully saturated rings. The first-order valence-electron chi connectivity index (χ1n) is 6.80. The molecule has 0 bridgehead atoms. The van der Waals surface area contributed by atoms with Crippen LogP contribution in [0.1, 0.15) is 18.2 Å². The quantitative estimate of drug-likeness (QED) is 0.792. The Bertz CT molecular complexity index is 642. The Balaban J connectivity index is 2.07. The Morgan fingerprint density at radius 2 is 2.27 bits per heavy atom. The van der Waals surface area contributed by atoms with E-state index in [-0.39, 0.29) is 6.42 Å². The van der Waals surface area contributed by atoms with Crippen LogP contribution in [0.4, 0.5) is 5.13 Å². The lowest BCUT2D eigenvalue weighted by Gasteiger charge is -2.14. The number of rotatable bonds is 8. The highest BCUT2D eigenvalue weighted by molar-refractivity contribution is 7.13. The number of anilines is 1.